The maximum Gasteiger partial charge on any atom is 0.250 e. The molecule has 0 aliphatic carbocycles. The first-order valence-electron chi connectivity index (χ1n) is 13.1. The van der Waals surface area contributed by atoms with Gasteiger partial charge >= 0.3 is 0 Å². The predicted octanol–water partition coefficient (Wildman–Crippen LogP) is 3.88. The van der Waals surface area contributed by atoms with Crippen molar-refractivity contribution >= 4 is 23.4 Å². The second-order valence-electron chi connectivity index (χ2n) is 9.55. The highest BCUT2D eigenvalue weighted by Gasteiger charge is 2.54. The van der Waals surface area contributed by atoms with E-state index >= 15 is 0 Å². The van der Waals surface area contributed by atoms with Crippen LogP contribution in [0, 0.1) is 0 Å². The van der Waals surface area contributed by atoms with Gasteiger partial charge in [0, 0.05) is 38.3 Å². The first-order valence-corrected chi connectivity index (χ1v) is 13.1. The molecule has 0 saturated carbocycles. The van der Waals surface area contributed by atoms with Crippen LogP contribution in [0.2, 0.25) is 0 Å². The van der Waals surface area contributed by atoms with Crippen molar-refractivity contribution in [3.8, 4) is 0 Å². The van der Waals surface area contributed by atoms with Crippen LogP contribution in [0.4, 0.5) is 5.69 Å². The number of benzene rings is 1. The van der Waals surface area contributed by atoms with Gasteiger partial charge in [-0.1, -0.05) is 50.8 Å². The minimum atomic E-state index is -0.692. The van der Waals surface area contributed by atoms with E-state index in [1.165, 1.54) is 19.3 Å². The summed E-state index contributed by atoms with van der Waals surface area (Å²) >= 11 is 0. The van der Waals surface area contributed by atoms with Crippen molar-refractivity contribution in [2.24, 2.45) is 0 Å². The fraction of sp³-hybridized carbons (Fsp3) is 0.667. The summed E-state index contributed by atoms with van der Waals surface area (Å²) in [4.78, 5) is 46.9. The van der Waals surface area contributed by atoms with E-state index in [4.69, 9.17) is 0 Å². The van der Waals surface area contributed by atoms with Crippen molar-refractivity contribution in [3.05, 3.63) is 30.3 Å². The van der Waals surface area contributed by atoms with Gasteiger partial charge in [-0.15, -0.1) is 0 Å². The third-order valence-corrected chi connectivity index (χ3v) is 7.46. The molecule has 1 aromatic carbocycles. The molecule has 188 valence electrons. The Kier molecular flexibility index (Phi) is 9.36. The molecule has 2 heterocycles. The number of para-hydroxylation sites is 1. The van der Waals surface area contributed by atoms with E-state index < -0.39 is 5.54 Å². The normalized spacial score (nSPS) is 17.5. The van der Waals surface area contributed by atoms with Crippen LogP contribution < -0.4 is 4.90 Å². The molecule has 0 aromatic heterocycles. The van der Waals surface area contributed by atoms with E-state index in [-0.39, 0.29) is 24.3 Å². The Bertz CT molecular complexity index is 816. The molecule has 2 fully saturated rings. The fourth-order valence-electron chi connectivity index (χ4n) is 5.33. The van der Waals surface area contributed by atoms with E-state index in [0.717, 1.165) is 18.5 Å². The highest BCUT2D eigenvalue weighted by Crippen LogP contribution is 2.39. The molecule has 1 spiro atoms. The molecule has 0 radical (unpaired) electrons. The maximum atomic E-state index is 13.8. The molecule has 34 heavy (non-hydrogen) atoms. The van der Waals surface area contributed by atoms with Gasteiger partial charge in [0.05, 0.1) is 6.67 Å². The number of likely N-dealkylation sites (N-methyl/N-ethyl adjacent to an activating group) is 1. The monoisotopic (exact) mass is 470 g/mol. The van der Waals surface area contributed by atoms with Crippen LogP contribution in [-0.4, -0.2) is 77.4 Å². The van der Waals surface area contributed by atoms with Crippen LogP contribution in [-0.2, 0) is 14.4 Å². The molecule has 2 saturated heterocycles. The molecule has 0 N–H and O–H groups in total. The minimum absolute atomic E-state index is 0.0147. The number of likely N-dealkylation sites (tertiary alicyclic amines) is 1. The highest BCUT2D eigenvalue weighted by atomic mass is 16.2. The van der Waals surface area contributed by atoms with E-state index in [0.29, 0.717) is 52.1 Å². The van der Waals surface area contributed by atoms with Crippen molar-refractivity contribution < 1.29 is 14.4 Å². The molecule has 7 nitrogen and oxygen atoms in total. The van der Waals surface area contributed by atoms with Gasteiger partial charge in [0.15, 0.2) is 0 Å². The molecule has 2 aliphatic rings. The van der Waals surface area contributed by atoms with Gasteiger partial charge in [0.1, 0.15) is 12.1 Å². The third kappa shape index (κ3) is 5.73. The second kappa shape index (κ2) is 12.2. The Balaban J connectivity index is 1.69. The first kappa shape index (κ1) is 26.0. The zero-order chi connectivity index (χ0) is 24.6. The Morgan fingerprint density at radius 1 is 0.941 bits per heavy atom. The Labute approximate surface area is 205 Å². The number of carbonyl (C=O) groups is 3. The summed E-state index contributed by atoms with van der Waals surface area (Å²) in [6, 6.07) is 9.98. The number of unbranched alkanes of at least 4 members (excludes halogenated alkanes) is 4. The van der Waals surface area contributed by atoms with Crippen LogP contribution in [0.5, 0.6) is 0 Å². The van der Waals surface area contributed by atoms with Crippen molar-refractivity contribution in [1.82, 2.24) is 14.7 Å². The first-order chi connectivity index (χ1) is 16.5. The Morgan fingerprint density at radius 3 is 2.21 bits per heavy atom. The third-order valence-electron chi connectivity index (χ3n) is 7.46. The number of nitrogens with zero attached hydrogens (tertiary/aromatic N) is 4. The zero-order valence-corrected chi connectivity index (χ0v) is 21.3. The molecule has 1 aromatic rings. The average Bonchev–Trinajstić information content (AvgIpc) is 3.11. The van der Waals surface area contributed by atoms with Gasteiger partial charge in [-0.2, -0.15) is 0 Å². The topological polar surface area (TPSA) is 64.2 Å². The number of amides is 3. The highest BCUT2D eigenvalue weighted by molar-refractivity contribution is 5.96. The quantitative estimate of drug-likeness (QED) is 0.461. The van der Waals surface area contributed by atoms with Crippen LogP contribution >= 0.6 is 0 Å². The predicted molar refractivity (Wildman–Crippen MR) is 135 cm³/mol. The molecule has 3 rings (SSSR count). The van der Waals surface area contributed by atoms with Crippen molar-refractivity contribution in [2.75, 3.05) is 44.3 Å². The summed E-state index contributed by atoms with van der Waals surface area (Å²) < 4.78 is 0. The van der Waals surface area contributed by atoms with Crippen molar-refractivity contribution in [3.63, 3.8) is 0 Å². The molecular formula is C27H42N4O3. The number of hydrogen-bond acceptors (Lipinski definition) is 4. The van der Waals surface area contributed by atoms with Crippen LogP contribution in [0.15, 0.2) is 30.3 Å². The molecule has 2 aliphatic heterocycles. The van der Waals surface area contributed by atoms with Gasteiger partial charge in [-0.3, -0.25) is 14.4 Å². The van der Waals surface area contributed by atoms with Crippen molar-refractivity contribution in [2.45, 2.75) is 77.7 Å². The number of hydrogen-bond donors (Lipinski definition) is 0. The molecule has 0 atom stereocenters. The smallest absolute Gasteiger partial charge is 0.250 e. The summed E-state index contributed by atoms with van der Waals surface area (Å²) in [5.41, 5.74) is 0.298. The van der Waals surface area contributed by atoms with Crippen molar-refractivity contribution in [1.29, 1.82) is 0 Å². The van der Waals surface area contributed by atoms with Gasteiger partial charge in [-0.25, -0.2) is 0 Å². The minimum Gasteiger partial charge on any atom is -0.342 e. The number of anilines is 1. The molecule has 7 heteroatoms. The number of rotatable bonds is 11. The van der Waals surface area contributed by atoms with Crippen LogP contribution in [0.3, 0.4) is 0 Å². The molecule has 3 amide bonds. The van der Waals surface area contributed by atoms with Gasteiger partial charge in [0.2, 0.25) is 11.8 Å². The lowest BCUT2D eigenvalue weighted by molar-refractivity contribution is -0.142. The SMILES string of the molecule is CCCCCCCC(=O)N1CCC2(CC1)C(=O)N(CC(=O)N(CC)CC)CN2c1ccccc1. The lowest BCUT2D eigenvalue weighted by atomic mass is 9.85. The van der Waals surface area contributed by atoms with Gasteiger partial charge < -0.3 is 19.6 Å². The summed E-state index contributed by atoms with van der Waals surface area (Å²) in [6.45, 7) is 9.07. The van der Waals surface area contributed by atoms with E-state index in [1.807, 2.05) is 49.1 Å². The summed E-state index contributed by atoms with van der Waals surface area (Å²) in [5.74, 6) is 0.208. The molecule has 0 unspecified atom stereocenters. The average molecular weight is 471 g/mol. The Hall–Kier alpha value is -2.57. The molecule has 0 bridgehead atoms. The van der Waals surface area contributed by atoms with Gasteiger partial charge in [-0.05, 0) is 45.2 Å². The largest absolute Gasteiger partial charge is 0.342 e. The van der Waals surface area contributed by atoms with E-state index in [9.17, 15) is 14.4 Å². The van der Waals surface area contributed by atoms with Crippen LogP contribution in [0.1, 0.15) is 72.1 Å². The lowest BCUT2D eigenvalue weighted by Crippen LogP contribution is -2.57. The van der Waals surface area contributed by atoms with Crippen LogP contribution in [0.25, 0.3) is 0 Å². The maximum absolute atomic E-state index is 13.8. The zero-order valence-electron chi connectivity index (χ0n) is 21.3. The van der Waals surface area contributed by atoms with Gasteiger partial charge in [0.25, 0.3) is 5.91 Å². The summed E-state index contributed by atoms with van der Waals surface area (Å²) in [7, 11) is 0. The van der Waals surface area contributed by atoms with E-state index in [2.05, 4.69) is 11.8 Å². The fourth-order valence-corrected chi connectivity index (χ4v) is 5.33. The Morgan fingerprint density at radius 2 is 1.59 bits per heavy atom. The number of piperidine rings is 1. The number of carbonyl (C=O) groups excluding carboxylic acids is 3. The lowest BCUT2D eigenvalue weighted by Gasteiger charge is -2.43. The summed E-state index contributed by atoms with van der Waals surface area (Å²) in [5, 5.41) is 0. The molecular weight excluding hydrogens is 428 g/mol. The second-order valence-corrected chi connectivity index (χ2v) is 9.55. The standard InChI is InChI=1S/C27H42N4O3/c1-4-7-8-9-13-16-24(32)29-19-17-27(18-20-29)26(34)30(21-25(33)28(5-2)6-3)22-31(27)23-14-11-10-12-15-23/h10-12,14-15H,4-9,13,16-22H2,1-3H3. The van der Waals surface area contributed by atoms with E-state index in [1.54, 1.807) is 9.80 Å². The summed E-state index contributed by atoms with van der Waals surface area (Å²) in [6.07, 6.45) is 7.45.